The van der Waals surface area contributed by atoms with Crippen LogP contribution < -0.4 is 0 Å². The van der Waals surface area contributed by atoms with Gasteiger partial charge in [-0.1, -0.05) is 18.5 Å². The van der Waals surface area contributed by atoms with E-state index in [1.54, 1.807) is 0 Å². The molecule has 0 saturated heterocycles. The van der Waals surface area contributed by atoms with Crippen molar-refractivity contribution in [3.8, 4) is 0 Å². The fraction of sp³-hybridized carbons (Fsp3) is 0.300. The van der Waals surface area contributed by atoms with E-state index >= 15 is 0 Å². The average Bonchev–Trinajstić information content (AvgIpc) is 2.18. The van der Waals surface area contributed by atoms with Gasteiger partial charge in [0.2, 0.25) is 0 Å². The van der Waals surface area contributed by atoms with Crippen LogP contribution in [0.25, 0.3) is 0 Å². The van der Waals surface area contributed by atoms with Gasteiger partial charge in [0.25, 0.3) is 0 Å². The molecule has 0 aliphatic carbocycles. The molecular weight excluding hydrogens is 226 g/mol. The van der Waals surface area contributed by atoms with E-state index in [-0.39, 0.29) is 17.0 Å². The van der Waals surface area contributed by atoms with Gasteiger partial charge in [0.15, 0.2) is 0 Å². The molecule has 0 aliphatic heterocycles. The van der Waals surface area contributed by atoms with Gasteiger partial charge >= 0.3 is 5.97 Å². The summed E-state index contributed by atoms with van der Waals surface area (Å²) < 4.78 is 26.2. The summed E-state index contributed by atoms with van der Waals surface area (Å²) in [6.45, 7) is 1.41. The summed E-state index contributed by atoms with van der Waals surface area (Å²) in [7, 11) is 0. The van der Waals surface area contributed by atoms with E-state index in [1.807, 2.05) is 0 Å². The molecule has 82 valence electrons. The molecule has 0 aliphatic rings. The monoisotopic (exact) mass is 234 g/mol. The molecule has 0 bridgehead atoms. The normalized spacial score (nSPS) is 12.5. The third-order valence-electron chi connectivity index (χ3n) is 2.07. The van der Waals surface area contributed by atoms with Crippen molar-refractivity contribution in [2.45, 2.75) is 13.3 Å². The van der Waals surface area contributed by atoms with E-state index in [0.29, 0.717) is 0 Å². The molecule has 1 aromatic carbocycles. The summed E-state index contributed by atoms with van der Waals surface area (Å²) in [4.78, 5) is 10.6. The summed E-state index contributed by atoms with van der Waals surface area (Å²) in [5.74, 6) is -3.31. The lowest BCUT2D eigenvalue weighted by molar-refractivity contribution is -0.141. The summed E-state index contributed by atoms with van der Waals surface area (Å²) in [5, 5.41) is 8.29. The van der Waals surface area contributed by atoms with Gasteiger partial charge in [-0.25, -0.2) is 8.78 Å². The Bertz CT molecular complexity index is 393. The minimum Gasteiger partial charge on any atom is -0.481 e. The maximum absolute atomic E-state index is 13.2. The zero-order chi connectivity index (χ0) is 11.6. The predicted octanol–water partition coefficient (Wildman–Crippen LogP) is 2.88. The van der Waals surface area contributed by atoms with Crippen LogP contribution in [0.2, 0.25) is 5.02 Å². The smallest absolute Gasteiger partial charge is 0.306 e. The van der Waals surface area contributed by atoms with Gasteiger partial charge in [-0.05, 0) is 18.6 Å². The number of rotatable bonds is 3. The Hall–Kier alpha value is -1.16. The van der Waals surface area contributed by atoms with Gasteiger partial charge in [-0.3, -0.25) is 4.79 Å². The molecule has 1 atom stereocenters. The Morgan fingerprint density at radius 1 is 1.47 bits per heavy atom. The molecular formula is C10H9ClF2O2. The molecule has 15 heavy (non-hydrogen) atoms. The van der Waals surface area contributed by atoms with Crippen molar-refractivity contribution < 1.29 is 18.7 Å². The maximum Gasteiger partial charge on any atom is 0.306 e. The van der Waals surface area contributed by atoms with Crippen molar-refractivity contribution >= 4 is 17.6 Å². The summed E-state index contributed by atoms with van der Waals surface area (Å²) in [5.41, 5.74) is -0.0911. The van der Waals surface area contributed by atoms with Crippen LogP contribution in [0.5, 0.6) is 0 Å². The second-order valence-corrected chi connectivity index (χ2v) is 3.64. The van der Waals surface area contributed by atoms with Crippen molar-refractivity contribution in [1.29, 1.82) is 0 Å². The van der Waals surface area contributed by atoms with Gasteiger partial charge in [0, 0.05) is 5.56 Å². The van der Waals surface area contributed by atoms with Gasteiger partial charge in [0.05, 0.1) is 10.9 Å². The van der Waals surface area contributed by atoms with E-state index in [2.05, 4.69) is 0 Å². The Labute approximate surface area is 90.5 Å². The van der Waals surface area contributed by atoms with E-state index in [9.17, 15) is 13.6 Å². The quantitative estimate of drug-likeness (QED) is 0.817. The highest BCUT2D eigenvalue weighted by atomic mass is 35.5. The van der Waals surface area contributed by atoms with Gasteiger partial charge in [-0.2, -0.15) is 0 Å². The lowest BCUT2D eigenvalue weighted by atomic mass is 10.0. The first-order chi connectivity index (χ1) is 6.93. The number of hydrogen-bond acceptors (Lipinski definition) is 1. The third-order valence-corrected chi connectivity index (χ3v) is 2.48. The first kappa shape index (κ1) is 11.9. The standard InChI is InChI=1S/C10H9ClF2O2/c1-5(10(14)15)4-6-7(12)2-3-8(13)9(6)11/h2-3,5H,4H2,1H3,(H,14,15). The largest absolute Gasteiger partial charge is 0.481 e. The molecule has 1 rings (SSSR count). The van der Waals surface area contributed by atoms with Crippen LogP contribution in [-0.4, -0.2) is 11.1 Å². The summed E-state index contributed by atoms with van der Waals surface area (Å²) >= 11 is 5.54. The molecule has 0 fully saturated rings. The van der Waals surface area contributed by atoms with Crippen LogP contribution >= 0.6 is 11.6 Å². The highest BCUT2D eigenvalue weighted by Crippen LogP contribution is 2.25. The number of hydrogen-bond donors (Lipinski definition) is 1. The van der Waals surface area contributed by atoms with Crippen LogP contribution in [0.3, 0.4) is 0 Å². The Balaban J connectivity index is 3.03. The van der Waals surface area contributed by atoms with E-state index < -0.39 is 23.5 Å². The van der Waals surface area contributed by atoms with Gasteiger partial charge in [0.1, 0.15) is 11.6 Å². The second-order valence-electron chi connectivity index (χ2n) is 3.27. The SMILES string of the molecule is CC(Cc1c(F)ccc(F)c1Cl)C(=O)O. The molecule has 1 unspecified atom stereocenters. The minimum atomic E-state index is -1.07. The van der Waals surface area contributed by atoms with Crippen LogP contribution in [0, 0.1) is 17.6 Å². The second kappa shape index (κ2) is 4.57. The Kier molecular flexibility index (Phi) is 3.63. The van der Waals surface area contributed by atoms with E-state index in [0.717, 1.165) is 12.1 Å². The van der Waals surface area contributed by atoms with Crippen molar-refractivity contribution in [2.24, 2.45) is 5.92 Å². The average molecular weight is 235 g/mol. The third kappa shape index (κ3) is 2.65. The van der Waals surface area contributed by atoms with Gasteiger partial charge < -0.3 is 5.11 Å². The van der Waals surface area contributed by atoms with Crippen LogP contribution in [0.15, 0.2) is 12.1 Å². The first-order valence-electron chi connectivity index (χ1n) is 4.28. The number of carboxylic acids is 1. The molecule has 1 aromatic rings. The number of carbonyl (C=O) groups is 1. The maximum atomic E-state index is 13.2. The number of halogens is 3. The van der Waals surface area contributed by atoms with E-state index in [1.165, 1.54) is 6.92 Å². The summed E-state index contributed by atoms with van der Waals surface area (Å²) in [6.07, 6.45) is -0.127. The topological polar surface area (TPSA) is 37.3 Å². The van der Waals surface area contributed by atoms with Crippen molar-refractivity contribution in [3.63, 3.8) is 0 Å². The Morgan fingerprint density at radius 3 is 2.53 bits per heavy atom. The van der Waals surface area contributed by atoms with E-state index in [4.69, 9.17) is 16.7 Å². The molecule has 0 aromatic heterocycles. The highest BCUT2D eigenvalue weighted by Gasteiger charge is 2.18. The minimum absolute atomic E-state index is 0.0911. The van der Waals surface area contributed by atoms with Crippen LogP contribution in [0.4, 0.5) is 8.78 Å². The zero-order valence-corrected chi connectivity index (χ0v) is 8.68. The van der Waals surface area contributed by atoms with Crippen LogP contribution in [-0.2, 0) is 11.2 Å². The lowest BCUT2D eigenvalue weighted by Gasteiger charge is -2.09. The molecule has 2 nitrogen and oxygen atoms in total. The fourth-order valence-electron chi connectivity index (χ4n) is 1.15. The molecule has 0 saturated carbocycles. The summed E-state index contributed by atoms with van der Waals surface area (Å²) in [6, 6.07) is 1.84. The molecule has 1 N–H and O–H groups in total. The lowest BCUT2D eigenvalue weighted by Crippen LogP contribution is -2.13. The number of benzene rings is 1. The zero-order valence-electron chi connectivity index (χ0n) is 7.93. The van der Waals surface area contributed by atoms with Gasteiger partial charge in [-0.15, -0.1) is 0 Å². The van der Waals surface area contributed by atoms with Crippen molar-refractivity contribution in [3.05, 3.63) is 34.4 Å². The van der Waals surface area contributed by atoms with Crippen molar-refractivity contribution in [2.75, 3.05) is 0 Å². The molecule has 0 radical (unpaired) electrons. The molecule has 5 heteroatoms. The molecule has 0 amide bonds. The first-order valence-corrected chi connectivity index (χ1v) is 4.66. The fourth-order valence-corrected chi connectivity index (χ4v) is 1.38. The molecule has 0 heterocycles. The van der Waals surface area contributed by atoms with Crippen LogP contribution in [0.1, 0.15) is 12.5 Å². The number of aliphatic carboxylic acids is 1. The predicted molar refractivity (Wildman–Crippen MR) is 51.9 cm³/mol. The highest BCUT2D eigenvalue weighted by molar-refractivity contribution is 6.31. The van der Waals surface area contributed by atoms with Crippen molar-refractivity contribution in [1.82, 2.24) is 0 Å². The molecule has 0 spiro atoms. The number of carboxylic acid groups (broad SMARTS) is 1. The Morgan fingerprint density at radius 2 is 2.00 bits per heavy atom.